The van der Waals surface area contributed by atoms with Gasteiger partial charge in [0.15, 0.2) is 0 Å². The first-order chi connectivity index (χ1) is 11.1. The number of hydrogen-bond donors (Lipinski definition) is 1. The Morgan fingerprint density at radius 3 is 1.20 bits per heavy atom. The Kier molecular flexibility index (Phi) is 7.98. The zero-order valence-corrected chi connectivity index (χ0v) is 19.2. The van der Waals surface area contributed by atoms with Crippen molar-refractivity contribution in [3.63, 3.8) is 0 Å². The molecule has 0 aromatic heterocycles. The second-order valence-electron chi connectivity index (χ2n) is 7.97. The maximum atomic E-state index is 10.0. The summed E-state index contributed by atoms with van der Waals surface area (Å²) in [6.45, 7) is 13.0. The minimum absolute atomic E-state index is 0. The van der Waals surface area contributed by atoms with E-state index < -0.39 is 8.60 Å². The molecule has 0 unspecified atom stereocenters. The number of benzene rings is 2. The van der Waals surface area contributed by atoms with Crippen molar-refractivity contribution in [1.82, 2.24) is 0 Å². The van der Waals surface area contributed by atoms with E-state index in [1.807, 2.05) is 48.5 Å². The summed E-state index contributed by atoms with van der Waals surface area (Å²) < 4.78 is 11.0. The van der Waals surface area contributed by atoms with E-state index in [9.17, 15) is 4.89 Å². The zero-order valence-electron chi connectivity index (χ0n) is 17.3. The number of rotatable bonds is 4. The van der Waals surface area contributed by atoms with Gasteiger partial charge in [-0.05, 0) is 46.2 Å². The fourth-order valence-electron chi connectivity index (χ4n) is 2.23. The van der Waals surface area contributed by atoms with Crippen LogP contribution in [-0.2, 0) is 10.8 Å². The second-order valence-corrected chi connectivity index (χ2v) is 8.81. The topological polar surface area (TPSA) is 38.7 Å². The molecule has 0 radical (unpaired) electrons. The van der Waals surface area contributed by atoms with E-state index in [1.54, 1.807) is 0 Å². The summed E-state index contributed by atoms with van der Waals surface area (Å²) in [6.07, 6.45) is 0. The smallest absolute Gasteiger partial charge is 1.00 e. The third-order valence-corrected chi connectivity index (χ3v) is 4.54. The monoisotopic (exact) mass is 370 g/mol. The summed E-state index contributed by atoms with van der Waals surface area (Å²) in [5.74, 6) is 1.20. The first-order valence-corrected chi connectivity index (χ1v) is 9.25. The summed E-state index contributed by atoms with van der Waals surface area (Å²) in [6, 6.07) is 15.5. The fraction of sp³-hybridized carbons (Fsp3) is 0.400. The largest absolute Gasteiger partial charge is 1.00 e. The van der Waals surface area contributed by atoms with Gasteiger partial charge in [0.25, 0.3) is 0 Å². The van der Waals surface area contributed by atoms with Gasteiger partial charge in [0.1, 0.15) is 11.5 Å². The van der Waals surface area contributed by atoms with Crippen molar-refractivity contribution in [1.29, 1.82) is 0 Å². The predicted molar refractivity (Wildman–Crippen MR) is 102 cm³/mol. The Labute approximate surface area is 176 Å². The van der Waals surface area contributed by atoms with Gasteiger partial charge in [0, 0.05) is 0 Å². The summed E-state index contributed by atoms with van der Waals surface area (Å²) in [4.78, 5) is 10.0. The van der Waals surface area contributed by atoms with Gasteiger partial charge in [-0.15, -0.1) is 0 Å². The van der Waals surface area contributed by atoms with Crippen molar-refractivity contribution in [2.45, 2.75) is 52.4 Å². The third-order valence-electron chi connectivity index (χ3n) is 3.81. The molecule has 0 fully saturated rings. The Morgan fingerprint density at radius 2 is 0.960 bits per heavy atom. The summed E-state index contributed by atoms with van der Waals surface area (Å²) in [7, 11) is -2.01. The van der Waals surface area contributed by atoms with Crippen LogP contribution < -0.4 is 38.6 Å². The molecular formula is C20H28NaO3P. The normalized spacial score (nSPS) is 11.8. The Hall–Kier alpha value is -0.570. The quantitative estimate of drug-likeness (QED) is 0.664. The van der Waals surface area contributed by atoms with Gasteiger partial charge >= 0.3 is 38.2 Å². The molecule has 132 valence electrons. The molecule has 2 rings (SSSR count). The van der Waals surface area contributed by atoms with Gasteiger partial charge < -0.3 is 15.4 Å². The van der Waals surface area contributed by atoms with Crippen molar-refractivity contribution in [3.8, 4) is 11.5 Å². The molecule has 0 bridgehead atoms. The van der Waals surface area contributed by atoms with E-state index in [1.165, 1.54) is 11.1 Å². The molecule has 0 saturated carbocycles. The molecule has 0 spiro atoms. The standard InChI is InChI=1S/C20H27O3P.Na.H/c1-19(2,3)15-7-11-17(12-8-15)22-24(21)23-18-13-9-16(10-14-18)20(4,5)6;;/h7-14,21H,1-6H3;;/q;+1;-1. The average Bonchev–Trinajstić information content (AvgIpc) is 2.46. The van der Waals surface area contributed by atoms with Gasteiger partial charge in [-0.2, -0.15) is 0 Å². The second kappa shape index (κ2) is 8.88. The molecule has 0 aliphatic heterocycles. The molecular weight excluding hydrogens is 342 g/mol. The summed E-state index contributed by atoms with van der Waals surface area (Å²) in [5.41, 5.74) is 2.62. The van der Waals surface area contributed by atoms with Crippen LogP contribution in [0.3, 0.4) is 0 Å². The van der Waals surface area contributed by atoms with E-state index in [4.69, 9.17) is 9.05 Å². The van der Waals surface area contributed by atoms with E-state index in [-0.39, 0.29) is 41.8 Å². The van der Waals surface area contributed by atoms with E-state index in [0.717, 1.165) is 0 Å². The molecule has 5 heteroatoms. The van der Waals surface area contributed by atoms with Crippen LogP contribution in [0.1, 0.15) is 54.1 Å². The molecule has 3 nitrogen and oxygen atoms in total. The minimum Gasteiger partial charge on any atom is -1.00 e. The molecule has 0 atom stereocenters. The van der Waals surface area contributed by atoms with Crippen LogP contribution in [0.25, 0.3) is 0 Å². The van der Waals surface area contributed by atoms with Crippen LogP contribution in [0.15, 0.2) is 48.5 Å². The van der Waals surface area contributed by atoms with Crippen LogP contribution in [0, 0.1) is 0 Å². The van der Waals surface area contributed by atoms with Crippen LogP contribution >= 0.6 is 8.60 Å². The van der Waals surface area contributed by atoms with Crippen molar-refractivity contribution < 1.29 is 44.9 Å². The van der Waals surface area contributed by atoms with E-state index in [2.05, 4.69) is 41.5 Å². The Morgan fingerprint density at radius 1 is 0.680 bits per heavy atom. The van der Waals surface area contributed by atoms with Gasteiger partial charge in [0.2, 0.25) is 0 Å². The maximum absolute atomic E-state index is 10.0. The van der Waals surface area contributed by atoms with Crippen LogP contribution in [0.2, 0.25) is 0 Å². The Balaban J connectivity index is 0.00000312. The van der Waals surface area contributed by atoms with Crippen LogP contribution in [0.5, 0.6) is 11.5 Å². The van der Waals surface area contributed by atoms with Crippen molar-refractivity contribution in [3.05, 3.63) is 59.7 Å². The molecule has 0 aliphatic rings. The molecule has 0 saturated heterocycles. The molecule has 25 heavy (non-hydrogen) atoms. The summed E-state index contributed by atoms with van der Waals surface area (Å²) >= 11 is 0. The van der Waals surface area contributed by atoms with Gasteiger partial charge in [-0.1, -0.05) is 65.8 Å². The predicted octanol–water partition coefficient (Wildman–Crippen LogP) is 3.08. The van der Waals surface area contributed by atoms with E-state index >= 15 is 0 Å². The Bertz CT molecular complexity index is 602. The molecule has 2 aromatic carbocycles. The first kappa shape index (κ1) is 22.5. The zero-order chi connectivity index (χ0) is 18.0. The van der Waals surface area contributed by atoms with Crippen molar-refractivity contribution >= 4 is 8.60 Å². The SMILES string of the molecule is CC(C)(C)c1ccc(OP(O)Oc2ccc(C(C)(C)C)cc2)cc1.[H-].[Na+]. The van der Waals surface area contributed by atoms with Gasteiger partial charge in [-0.3, -0.25) is 0 Å². The van der Waals surface area contributed by atoms with Crippen LogP contribution in [-0.4, -0.2) is 4.89 Å². The van der Waals surface area contributed by atoms with Gasteiger partial charge in [-0.25, -0.2) is 0 Å². The van der Waals surface area contributed by atoms with E-state index in [0.29, 0.717) is 11.5 Å². The molecule has 0 aliphatic carbocycles. The van der Waals surface area contributed by atoms with Crippen molar-refractivity contribution in [2.75, 3.05) is 0 Å². The molecule has 0 amide bonds. The van der Waals surface area contributed by atoms with Gasteiger partial charge in [0.05, 0.1) is 0 Å². The summed E-state index contributed by atoms with van der Waals surface area (Å²) in [5, 5.41) is 0. The first-order valence-electron chi connectivity index (χ1n) is 8.12. The third kappa shape index (κ3) is 6.92. The molecule has 1 N–H and O–H groups in total. The molecule has 2 aromatic rings. The van der Waals surface area contributed by atoms with Crippen molar-refractivity contribution in [2.24, 2.45) is 0 Å². The van der Waals surface area contributed by atoms with Crippen LogP contribution in [0.4, 0.5) is 0 Å². The number of hydrogen-bond acceptors (Lipinski definition) is 3. The average molecular weight is 370 g/mol. The maximum Gasteiger partial charge on any atom is 1.00 e. The molecule has 0 heterocycles. The fourth-order valence-corrected chi connectivity index (χ4v) is 2.87. The minimum atomic E-state index is -2.01.